The fourth-order valence-electron chi connectivity index (χ4n) is 4.17. The number of piperidine rings is 1. The number of rotatable bonds is 2. The van der Waals surface area contributed by atoms with Crippen LogP contribution in [0.4, 0.5) is 0 Å². The summed E-state index contributed by atoms with van der Waals surface area (Å²) in [4.78, 5) is 2.64. The van der Waals surface area contributed by atoms with Gasteiger partial charge in [-0.2, -0.15) is 0 Å². The molecule has 3 heteroatoms. The van der Waals surface area contributed by atoms with E-state index in [1.165, 1.54) is 37.9 Å². The van der Waals surface area contributed by atoms with Crippen LogP contribution in [-0.4, -0.2) is 37.0 Å². The van der Waals surface area contributed by atoms with Gasteiger partial charge in [-0.05, 0) is 37.9 Å². The van der Waals surface area contributed by atoms with Crippen molar-refractivity contribution in [3.63, 3.8) is 0 Å². The Balaban J connectivity index is 1.76. The molecule has 3 fully saturated rings. The van der Waals surface area contributed by atoms with E-state index in [1.807, 2.05) is 0 Å². The number of hydrogen-bond donors (Lipinski definition) is 0. The van der Waals surface area contributed by atoms with E-state index in [1.54, 1.807) is 0 Å². The van der Waals surface area contributed by atoms with Gasteiger partial charge in [0.15, 0.2) is 6.29 Å². The van der Waals surface area contributed by atoms with Crippen molar-refractivity contribution < 1.29 is 9.47 Å². The Morgan fingerprint density at radius 3 is 2.60 bits per heavy atom. The molecule has 0 saturated carbocycles. The Morgan fingerprint density at radius 2 is 1.85 bits per heavy atom. The first-order chi connectivity index (χ1) is 9.89. The lowest BCUT2D eigenvalue weighted by molar-refractivity contribution is -0.214. The van der Waals surface area contributed by atoms with Crippen LogP contribution in [0.1, 0.15) is 37.7 Å². The highest BCUT2D eigenvalue weighted by atomic mass is 16.7. The molecule has 1 aromatic carbocycles. The van der Waals surface area contributed by atoms with Gasteiger partial charge in [0, 0.05) is 6.42 Å². The third-order valence-electron chi connectivity index (χ3n) is 5.15. The average molecular weight is 273 g/mol. The maximum absolute atomic E-state index is 6.16. The van der Waals surface area contributed by atoms with Crippen molar-refractivity contribution in [3.8, 4) is 0 Å². The minimum Gasteiger partial charge on any atom is -0.350 e. The third kappa shape index (κ3) is 1.92. The second kappa shape index (κ2) is 5.14. The molecule has 3 aliphatic heterocycles. The first-order valence-corrected chi connectivity index (χ1v) is 7.97. The second-order valence-electron chi connectivity index (χ2n) is 6.29. The SMILES string of the molecule is c1ccc([C@]2(N3CCCCC3)C[C@H]3CCO[C@@H]2O3)cc1. The van der Waals surface area contributed by atoms with Gasteiger partial charge in [0.1, 0.15) is 5.54 Å². The molecule has 0 amide bonds. The fourth-order valence-corrected chi connectivity index (χ4v) is 4.17. The van der Waals surface area contributed by atoms with Crippen molar-refractivity contribution in [3.05, 3.63) is 35.9 Å². The molecule has 3 nitrogen and oxygen atoms in total. The predicted octanol–water partition coefficient (Wildman–Crippen LogP) is 2.90. The van der Waals surface area contributed by atoms with Crippen LogP contribution in [0.2, 0.25) is 0 Å². The molecule has 1 aromatic rings. The quantitative estimate of drug-likeness (QED) is 0.827. The number of fused-ring (bicyclic) bond motifs is 2. The van der Waals surface area contributed by atoms with Crippen LogP contribution < -0.4 is 0 Å². The summed E-state index contributed by atoms with van der Waals surface area (Å²) in [7, 11) is 0. The van der Waals surface area contributed by atoms with Gasteiger partial charge in [0.2, 0.25) is 0 Å². The standard InChI is InChI=1S/C17H23NO2/c1-3-7-14(8-4-1)17(18-10-5-2-6-11-18)13-15-9-12-19-16(17)20-15/h1,3-4,7-8,15-16H,2,5-6,9-13H2/t15-,16-,17-/m1/s1. The maximum Gasteiger partial charge on any atom is 0.180 e. The van der Waals surface area contributed by atoms with Crippen molar-refractivity contribution in [2.75, 3.05) is 19.7 Å². The topological polar surface area (TPSA) is 21.7 Å². The molecule has 108 valence electrons. The summed E-state index contributed by atoms with van der Waals surface area (Å²) in [6.45, 7) is 3.19. The summed E-state index contributed by atoms with van der Waals surface area (Å²) in [5.41, 5.74) is 1.32. The largest absolute Gasteiger partial charge is 0.350 e. The molecule has 0 N–H and O–H groups in total. The zero-order valence-electron chi connectivity index (χ0n) is 12.0. The van der Waals surface area contributed by atoms with Gasteiger partial charge >= 0.3 is 0 Å². The van der Waals surface area contributed by atoms with Crippen molar-refractivity contribution in [2.24, 2.45) is 0 Å². The number of nitrogens with zero attached hydrogens (tertiary/aromatic N) is 1. The Bertz CT molecular complexity index is 457. The lowest BCUT2D eigenvalue weighted by Crippen LogP contribution is -2.54. The highest BCUT2D eigenvalue weighted by Gasteiger charge is 2.55. The van der Waals surface area contributed by atoms with Gasteiger partial charge in [-0.25, -0.2) is 0 Å². The molecular formula is C17H23NO2. The lowest BCUT2D eigenvalue weighted by atomic mass is 9.83. The zero-order valence-corrected chi connectivity index (χ0v) is 12.0. The molecule has 3 atom stereocenters. The van der Waals surface area contributed by atoms with Crippen LogP contribution >= 0.6 is 0 Å². The molecule has 20 heavy (non-hydrogen) atoms. The van der Waals surface area contributed by atoms with Crippen molar-refractivity contribution >= 4 is 0 Å². The van der Waals surface area contributed by atoms with Gasteiger partial charge in [-0.15, -0.1) is 0 Å². The molecule has 3 heterocycles. The number of benzene rings is 1. The normalized spacial score (nSPS) is 38.0. The molecule has 0 spiro atoms. The van der Waals surface area contributed by atoms with Gasteiger partial charge < -0.3 is 9.47 Å². The second-order valence-corrected chi connectivity index (χ2v) is 6.29. The Hall–Kier alpha value is -0.900. The van der Waals surface area contributed by atoms with E-state index in [-0.39, 0.29) is 11.8 Å². The first-order valence-electron chi connectivity index (χ1n) is 7.97. The summed E-state index contributed by atoms with van der Waals surface area (Å²) in [5, 5.41) is 0. The molecule has 3 saturated heterocycles. The zero-order chi connectivity index (χ0) is 13.4. The molecule has 2 bridgehead atoms. The monoisotopic (exact) mass is 273 g/mol. The number of hydrogen-bond acceptors (Lipinski definition) is 3. The predicted molar refractivity (Wildman–Crippen MR) is 77.4 cm³/mol. The summed E-state index contributed by atoms with van der Waals surface area (Å²) in [5.74, 6) is 0. The summed E-state index contributed by atoms with van der Waals surface area (Å²) < 4.78 is 12.2. The van der Waals surface area contributed by atoms with Crippen LogP contribution in [0.15, 0.2) is 30.3 Å². The van der Waals surface area contributed by atoms with Gasteiger partial charge in [0.25, 0.3) is 0 Å². The van der Waals surface area contributed by atoms with E-state index in [0.29, 0.717) is 6.10 Å². The minimum atomic E-state index is -0.0817. The maximum atomic E-state index is 6.16. The molecule has 3 aliphatic rings. The van der Waals surface area contributed by atoms with Crippen LogP contribution in [0.25, 0.3) is 0 Å². The van der Waals surface area contributed by atoms with Crippen LogP contribution in [0.3, 0.4) is 0 Å². The number of ether oxygens (including phenoxy) is 2. The van der Waals surface area contributed by atoms with Crippen molar-refractivity contribution in [2.45, 2.75) is 50.0 Å². The van der Waals surface area contributed by atoms with Crippen LogP contribution in [-0.2, 0) is 15.0 Å². The van der Waals surface area contributed by atoms with E-state index < -0.39 is 0 Å². The van der Waals surface area contributed by atoms with E-state index in [9.17, 15) is 0 Å². The smallest absolute Gasteiger partial charge is 0.180 e. The van der Waals surface area contributed by atoms with Gasteiger partial charge in [-0.3, -0.25) is 4.90 Å². The van der Waals surface area contributed by atoms with Gasteiger partial charge in [-0.1, -0.05) is 36.8 Å². The fraction of sp³-hybridized carbons (Fsp3) is 0.647. The van der Waals surface area contributed by atoms with Gasteiger partial charge in [0.05, 0.1) is 12.7 Å². The molecular weight excluding hydrogens is 250 g/mol. The molecule has 0 aliphatic carbocycles. The number of likely N-dealkylation sites (tertiary alicyclic amines) is 1. The van der Waals surface area contributed by atoms with Crippen LogP contribution in [0.5, 0.6) is 0 Å². The molecule has 0 unspecified atom stereocenters. The molecule has 0 aromatic heterocycles. The van der Waals surface area contributed by atoms with E-state index in [4.69, 9.17) is 9.47 Å². The van der Waals surface area contributed by atoms with Crippen molar-refractivity contribution in [1.29, 1.82) is 0 Å². The third-order valence-corrected chi connectivity index (χ3v) is 5.15. The van der Waals surface area contributed by atoms with E-state index in [0.717, 1.165) is 19.4 Å². The van der Waals surface area contributed by atoms with Crippen molar-refractivity contribution in [1.82, 2.24) is 4.90 Å². The summed E-state index contributed by atoms with van der Waals surface area (Å²) in [6, 6.07) is 10.9. The van der Waals surface area contributed by atoms with E-state index in [2.05, 4.69) is 35.2 Å². The molecule has 0 radical (unpaired) electrons. The highest BCUT2D eigenvalue weighted by Crippen LogP contribution is 2.48. The minimum absolute atomic E-state index is 0.0527. The van der Waals surface area contributed by atoms with Crippen LogP contribution in [0, 0.1) is 0 Å². The Kier molecular flexibility index (Phi) is 3.29. The summed E-state index contributed by atoms with van der Waals surface area (Å²) >= 11 is 0. The first kappa shape index (κ1) is 12.8. The summed E-state index contributed by atoms with van der Waals surface area (Å²) in [6.07, 6.45) is 6.37. The molecule has 4 rings (SSSR count). The lowest BCUT2D eigenvalue weighted by Gasteiger charge is -2.45. The average Bonchev–Trinajstić information content (AvgIpc) is 2.80. The highest BCUT2D eigenvalue weighted by molar-refractivity contribution is 5.28. The Morgan fingerprint density at radius 1 is 1.05 bits per heavy atom. The Labute approximate surface area is 120 Å². The van der Waals surface area contributed by atoms with E-state index >= 15 is 0 Å².